The molecule has 6 nitrogen and oxygen atoms in total. The molecule has 1 heterocycles. The maximum Gasteiger partial charge on any atom is 0.270 e. The second-order valence-electron chi connectivity index (χ2n) is 7.26. The van der Waals surface area contributed by atoms with Crippen molar-refractivity contribution >= 4 is 31.4 Å². The fraction of sp³-hybridized carbons (Fsp3) is 0.174. The van der Waals surface area contributed by atoms with Gasteiger partial charge in [-0.25, -0.2) is 17.8 Å². The number of carbonyl (C=O) groups is 2. The molecule has 0 saturated carbocycles. The average molecular weight is 475 g/mol. The van der Waals surface area contributed by atoms with Crippen molar-refractivity contribution in [3.8, 4) is 0 Å². The van der Waals surface area contributed by atoms with Crippen LogP contribution in [0.4, 0.5) is 4.39 Å². The highest BCUT2D eigenvalue weighted by molar-refractivity contribution is 8.13. The molecule has 1 amide bonds. The van der Waals surface area contributed by atoms with E-state index in [4.69, 9.17) is 10.7 Å². The first kappa shape index (κ1) is 23.6. The van der Waals surface area contributed by atoms with Crippen molar-refractivity contribution in [2.24, 2.45) is 0 Å². The quantitative estimate of drug-likeness (QED) is 0.503. The fourth-order valence-electron chi connectivity index (χ4n) is 3.26. The predicted molar refractivity (Wildman–Crippen MR) is 119 cm³/mol. The van der Waals surface area contributed by atoms with E-state index in [9.17, 15) is 22.4 Å². The molecule has 32 heavy (non-hydrogen) atoms. The van der Waals surface area contributed by atoms with Crippen LogP contribution < -0.4 is 5.32 Å². The molecule has 0 spiro atoms. The van der Waals surface area contributed by atoms with Gasteiger partial charge in [-0.05, 0) is 48.2 Å². The summed E-state index contributed by atoms with van der Waals surface area (Å²) in [4.78, 5) is 29.4. The van der Waals surface area contributed by atoms with Gasteiger partial charge in [-0.3, -0.25) is 9.59 Å². The molecule has 2 aromatic carbocycles. The first-order chi connectivity index (χ1) is 15.1. The average Bonchev–Trinajstić information content (AvgIpc) is 2.73. The highest BCUT2D eigenvalue weighted by Crippen LogP contribution is 2.21. The SMILES string of the molecule is Cc1cc(CC(=O)[C@H](Cc2ccccc2)NC(=O)c2ccc(F)cn2)ccc1S(=O)(=O)Cl. The van der Waals surface area contributed by atoms with Crippen molar-refractivity contribution in [2.45, 2.75) is 30.7 Å². The number of carbonyl (C=O) groups excluding carboxylic acids is 2. The second kappa shape index (κ2) is 10.0. The van der Waals surface area contributed by atoms with Gasteiger partial charge in [-0.1, -0.05) is 42.5 Å². The summed E-state index contributed by atoms with van der Waals surface area (Å²) in [5.74, 6) is -1.44. The summed E-state index contributed by atoms with van der Waals surface area (Å²) >= 11 is 0. The molecule has 0 unspecified atom stereocenters. The number of Topliss-reactive ketones (excluding diaryl/α,β-unsaturated/α-hetero) is 1. The van der Waals surface area contributed by atoms with E-state index in [2.05, 4.69) is 10.3 Å². The van der Waals surface area contributed by atoms with Crippen LogP contribution in [0.5, 0.6) is 0 Å². The Kier molecular flexibility index (Phi) is 7.37. The Morgan fingerprint density at radius 3 is 2.38 bits per heavy atom. The first-order valence-corrected chi connectivity index (χ1v) is 12.0. The highest BCUT2D eigenvalue weighted by atomic mass is 35.7. The minimum Gasteiger partial charge on any atom is -0.341 e. The Hall–Kier alpha value is -3.10. The molecule has 0 saturated heterocycles. The molecule has 0 bridgehead atoms. The predicted octanol–water partition coefficient (Wildman–Crippen LogP) is 3.61. The number of hydrogen-bond donors (Lipinski definition) is 1. The first-order valence-electron chi connectivity index (χ1n) is 9.67. The maximum atomic E-state index is 13.1. The maximum absolute atomic E-state index is 13.1. The molecular formula is C23H20ClFN2O4S. The van der Waals surface area contributed by atoms with E-state index in [0.29, 0.717) is 11.1 Å². The van der Waals surface area contributed by atoms with Crippen LogP contribution in [0.3, 0.4) is 0 Å². The number of nitrogens with one attached hydrogen (secondary N) is 1. The number of benzene rings is 2. The Labute approximate surface area is 189 Å². The van der Waals surface area contributed by atoms with E-state index in [1.54, 1.807) is 13.0 Å². The minimum absolute atomic E-state index is 0.00946. The summed E-state index contributed by atoms with van der Waals surface area (Å²) in [6, 6.07) is 15.1. The third-order valence-electron chi connectivity index (χ3n) is 4.82. The third kappa shape index (κ3) is 6.21. The summed E-state index contributed by atoms with van der Waals surface area (Å²) in [6.07, 6.45) is 1.15. The number of pyridine rings is 1. The summed E-state index contributed by atoms with van der Waals surface area (Å²) in [6.45, 7) is 1.59. The molecule has 0 aliphatic carbocycles. The Morgan fingerprint density at radius 2 is 1.78 bits per heavy atom. The van der Waals surface area contributed by atoms with E-state index in [1.165, 1.54) is 18.2 Å². The summed E-state index contributed by atoms with van der Waals surface area (Å²) in [5, 5.41) is 2.68. The van der Waals surface area contributed by atoms with Gasteiger partial charge in [0.1, 0.15) is 11.5 Å². The molecule has 0 aliphatic rings. The van der Waals surface area contributed by atoms with Gasteiger partial charge in [0.25, 0.3) is 15.0 Å². The zero-order valence-corrected chi connectivity index (χ0v) is 18.7. The number of nitrogens with zero attached hydrogens (tertiary/aromatic N) is 1. The molecule has 9 heteroatoms. The molecule has 0 aliphatic heterocycles. The molecule has 1 atom stereocenters. The molecule has 3 aromatic rings. The zero-order chi connectivity index (χ0) is 23.3. The van der Waals surface area contributed by atoms with Crippen LogP contribution in [-0.2, 0) is 26.7 Å². The van der Waals surface area contributed by atoms with Crippen molar-refractivity contribution in [3.05, 3.63) is 95.1 Å². The fourth-order valence-corrected chi connectivity index (χ4v) is 4.45. The number of amides is 1. The van der Waals surface area contributed by atoms with Crippen LogP contribution in [0.15, 0.2) is 71.8 Å². The van der Waals surface area contributed by atoms with Gasteiger partial charge in [0.2, 0.25) is 0 Å². The molecule has 1 aromatic heterocycles. The molecule has 0 radical (unpaired) electrons. The molecule has 0 fully saturated rings. The molecule has 3 rings (SSSR count). The van der Waals surface area contributed by atoms with Crippen LogP contribution >= 0.6 is 10.7 Å². The molecule has 1 N–H and O–H groups in total. The van der Waals surface area contributed by atoms with Gasteiger partial charge in [0.05, 0.1) is 17.1 Å². The number of rotatable bonds is 8. The Morgan fingerprint density at radius 1 is 1.06 bits per heavy atom. The van der Waals surface area contributed by atoms with Gasteiger partial charge in [0, 0.05) is 17.1 Å². The second-order valence-corrected chi connectivity index (χ2v) is 9.79. The third-order valence-corrected chi connectivity index (χ3v) is 6.30. The van der Waals surface area contributed by atoms with Crippen molar-refractivity contribution in [1.29, 1.82) is 0 Å². The van der Waals surface area contributed by atoms with E-state index in [1.807, 2.05) is 30.3 Å². The van der Waals surface area contributed by atoms with E-state index >= 15 is 0 Å². The monoisotopic (exact) mass is 474 g/mol. The highest BCUT2D eigenvalue weighted by Gasteiger charge is 2.23. The summed E-state index contributed by atoms with van der Waals surface area (Å²) < 4.78 is 36.3. The lowest BCUT2D eigenvalue weighted by Crippen LogP contribution is -2.43. The lowest BCUT2D eigenvalue weighted by atomic mass is 9.97. The topological polar surface area (TPSA) is 93.2 Å². The van der Waals surface area contributed by atoms with Crippen molar-refractivity contribution in [3.63, 3.8) is 0 Å². The number of halogens is 2. The lowest BCUT2D eigenvalue weighted by Gasteiger charge is -2.18. The van der Waals surface area contributed by atoms with Crippen LogP contribution in [-0.4, -0.2) is 31.1 Å². The van der Waals surface area contributed by atoms with Crippen molar-refractivity contribution in [1.82, 2.24) is 10.3 Å². The van der Waals surface area contributed by atoms with Gasteiger partial charge in [-0.2, -0.15) is 0 Å². The number of aryl methyl sites for hydroxylation is 1. The van der Waals surface area contributed by atoms with Crippen LogP contribution in [0.2, 0.25) is 0 Å². The van der Waals surface area contributed by atoms with E-state index in [0.717, 1.165) is 17.8 Å². The van der Waals surface area contributed by atoms with E-state index in [-0.39, 0.29) is 29.2 Å². The zero-order valence-electron chi connectivity index (χ0n) is 17.1. The minimum atomic E-state index is -3.89. The van der Waals surface area contributed by atoms with Crippen molar-refractivity contribution in [2.75, 3.05) is 0 Å². The van der Waals surface area contributed by atoms with Gasteiger partial charge < -0.3 is 5.32 Å². The van der Waals surface area contributed by atoms with Crippen LogP contribution in [0.1, 0.15) is 27.2 Å². The van der Waals surface area contributed by atoms with Gasteiger partial charge in [-0.15, -0.1) is 0 Å². The molecule has 166 valence electrons. The smallest absolute Gasteiger partial charge is 0.270 e. The van der Waals surface area contributed by atoms with Crippen LogP contribution in [0, 0.1) is 12.7 Å². The summed E-state index contributed by atoms with van der Waals surface area (Å²) in [5.41, 5.74) is 1.84. The van der Waals surface area contributed by atoms with Crippen LogP contribution in [0.25, 0.3) is 0 Å². The van der Waals surface area contributed by atoms with Crippen molar-refractivity contribution < 1.29 is 22.4 Å². The van der Waals surface area contributed by atoms with E-state index < -0.39 is 26.8 Å². The standard InChI is InChI=1S/C23H20ClFN2O4S/c1-15-11-17(7-10-22(15)32(24,30)31)13-21(28)20(12-16-5-3-2-4-6-16)27-23(29)19-9-8-18(25)14-26-19/h2-11,14,20H,12-13H2,1H3,(H,27,29)/t20-/m0/s1. The number of aromatic nitrogens is 1. The lowest BCUT2D eigenvalue weighted by molar-refractivity contribution is -0.120. The Bertz CT molecular complexity index is 1230. The number of ketones is 1. The van der Waals surface area contributed by atoms with Gasteiger partial charge in [0.15, 0.2) is 5.78 Å². The summed E-state index contributed by atoms with van der Waals surface area (Å²) in [7, 11) is 1.53. The Balaban J connectivity index is 1.82. The number of hydrogen-bond acceptors (Lipinski definition) is 5. The molecular weight excluding hydrogens is 455 g/mol. The largest absolute Gasteiger partial charge is 0.341 e. The van der Waals surface area contributed by atoms with Gasteiger partial charge >= 0.3 is 0 Å². The normalized spacial score (nSPS) is 12.2.